The molecule has 3 rings (SSSR count). The molecular formula is C22H26N4O2S. The van der Waals surface area contributed by atoms with Gasteiger partial charge >= 0.3 is 0 Å². The molecule has 1 aromatic carbocycles. The zero-order valence-corrected chi connectivity index (χ0v) is 17.5. The molecule has 0 spiro atoms. The number of carbonyl (C=O) groups excluding carboxylic acids is 1. The highest BCUT2D eigenvalue weighted by atomic mass is 32.1. The summed E-state index contributed by atoms with van der Waals surface area (Å²) in [6, 6.07) is 15.2. The van der Waals surface area contributed by atoms with Crippen LogP contribution in [0.3, 0.4) is 0 Å². The maximum Gasteiger partial charge on any atom is 0.291 e. The minimum Gasteiger partial charge on any atom is -0.459 e. The van der Waals surface area contributed by atoms with E-state index >= 15 is 0 Å². The van der Waals surface area contributed by atoms with Gasteiger partial charge in [-0.25, -0.2) is 4.99 Å². The third-order valence-corrected chi connectivity index (χ3v) is 5.43. The second-order valence-electron chi connectivity index (χ2n) is 6.62. The van der Waals surface area contributed by atoms with E-state index in [2.05, 4.69) is 52.3 Å². The van der Waals surface area contributed by atoms with Gasteiger partial charge in [-0.3, -0.25) is 4.79 Å². The van der Waals surface area contributed by atoms with E-state index in [1.165, 1.54) is 11.1 Å². The van der Waals surface area contributed by atoms with Crippen LogP contribution < -0.4 is 16.0 Å². The first kappa shape index (κ1) is 20.7. The van der Waals surface area contributed by atoms with Crippen LogP contribution >= 0.6 is 11.3 Å². The van der Waals surface area contributed by atoms with E-state index in [4.69, 9.17) is 4.42 Å². The van der Waals surface area contributed by atoms with Crippen molar-refractivity contribution in [3.63, 3.8) is 0 Å². The Labute approximate surface area is 175 Å². The van der Waals surface area contributed by atoms with Gasteiger partial charge in [0, 0.05) is 29.6 Å². The van der Waals surface area contributed by atoms with Gasteiger partial charge in [0.25, 0.3) is 5.91 Å². The number of carbonyl (C=O) groups is 1. The van der Waals surface area contributed by atoms with E-state index in [9.17, 15) is 4.79 Å². The Balaban J connectivity index is 1.53. The van der Waals surface area contributed by atoms with Crippen LogP contribution in [-0.4, -0.2) is 25.0 Å². The number of nitrogens with one attached hydrogen (secondary N) is 3. The predicted octanol–water partition coefficient (Wildman–Crippen LogP) is 4.45. The number of furan rings is 1. The summed E-state index contributed by atoms with van der Waals surface area (Å²) in [6.45, 7) is 6.44. The molecule has 152 valence electrons. The summed E-state index contributed by atoms with van der Waals surface area (Å²) in [6.07, 6.45) is 1.48. The molecule has 2 aromatic heterocycles. The van der Waals surface area contributed by atoms with E-state index in [0.717, 1.165) is 24.6 Å². The Hall–Kier alpha value is -3.06. The van der Waals surface area contributed by atoms with Crippen molar-refractivity contribution >= 4 is 28.9 Å². The largest absolute Gasteiger partial charge is 0.459 e. The fourth-order valence-electron chi connectivity index (χ4n) is 2.73. The first-order chi connectivity index (χ1) is 14.2. The van der Waals surface area contributed by atoms with Crippen molar-refractivity contribution in [3.8, 4) is 0 Å². The van der Waals surface area contributed by atoms with Crippen LogP contribution in [0.2, 0.25) is 0 Å². The van der Waals surface area contributed by atoms with Gasteiger partial charge in [0.1, 0.15) is 0 Å². The summed E-state index contributed by atoms with van der Waals surface area (Å²) in [7, 11) is 0. The van der Waals surface area contributed by atoms with Crippen molar-refractivity contribution in [2.45, 2.75) is 26.3 Å². The minimum absolute atomic E-state index is 0.265. The van der Waals surface area contributed by atoms with Gasteiger partial charge < -0.3 is 20.4 Å². The van der Waals surface area contributed by atoms with E-state index < -0.39 is 0 Å². The maximum absolute atomic E-state index is 12.0. The molecule has 7 heteroatoms. The zero-order chi connectivity index (χ0) is 20.5. The standard InChI is InChI=1S/C22H26N4O2S/c1-3-23-22(24-14-16(2)20-7-5-13-29-20)25-15-17-8-10-18(11-9-17)26-21(27)19-6-4-12-28-19/h4-13,16H,3,14-15H2,1-2H3,(H,26,27)(H2,23,24,25). The van der Waals surface area contributed by atoms with Crippen LogP contribution in [0.4, 0.5) is 5.69 Å². The van der Waals surface area contributed by atoms with Crippen molar-refractivity contribution in [1.82, 2.24) is 10.6 Å². The van der Waals surface area contributed by atoms with Gasteiger partial charge in [-0.05, 0) is 48.2 Å². The number of aliphatic imine (C=N–C) groups is 1. The molecule has 29 heavy (non-hydrogen) atoms. The van der Waals surface area contributed by atoms with Crippen molar-refractivity contribution in [3.05, 3.63) is 76.4 Å². The Morgan fingerprint density at radius 3 is 2.62 bits per heavy atom. The summed E-state index contributed by atoms with van der Waals surface area (Å²) in [5.74, 6) is 1.25. The number of hydrogen-bond acceptors (Lipinski definition) is 4. The molecule has 1 unspecified atom stereocenters. The minimum atomic E-state index is -0.265. The first-order valence-corrected chi connectivity index (χ1v) is 10.5. The highest BCUT2D eigenvalue weighted by Gasteiger charge is 2.09. The molecule has 0 fully saturated rings. The quantitative estimate of drug-likeness (QED) is 0.379. The van der Waals surface area contributed by atoms with Crippen LogP contribution in [0.5, 0.6) is 0 Å². The lowest BCUT2D eigenvalue weighted by Gasteiger charge is -2.15. The highest BCUT2D eigenvalue weighted by molar-refractivity contribution is 7.10. The molecule has 2 heterocycles. The molecule has 0 aliphatic rings. The number of rotatable bonds is 8. The Kier molecular flexibility index (Phi) is 7.47. The van der Waals surface area contributed by atoms with Crippen molar-refractivity contribution in [2.24, 2.45) is 4.99 Å². The normalized spacial score (nSPS) is 12.4. The van der Waals surface area contributed by atoms with Crippen molar-refractivity contribution < 1.29 is 9.21 Å². The van der Waals surface area contributed by atoms with Gasteiger partial charge in [0.15, 0.2) is 11.7 Å². The van der Waals surface area contributed by atoms with Gasteiger partial charge in [0.05, 0.1) is 12.8 Å². The summed E-state index contributed by atoms with van der Waals surface area (Å²) < 4.78 is 5.10. The van der Waals surface area contributed by atoms with Crippen molar-refractivity contribution in [1.29, 1.82) is 0 Å². The number of thiophene rings is 1. The van der Waals surface area contributed by atoms with Crippen LogP contribution in [0, 0.1) is 0 Å². The number of amides is 1. The van der Waals surface area contributed by atoms with E-state index in [-0.39, 0.29) is 11.7 Å². The SMILES string of the molecule is CCNC(=NCc1ccc(NC(=O)c2ccco2)cc1)NCC(C)c1cccs1. The molecule has 0 aliphatic carbocycles. The van der Waals surface area contributed by atoms with Gasteiger partial charge in [-0.2, -0.15) is 0 Å². The lowest BCUT2D eigenvalue weighted by atomic mass is 10.1. The molecule has 0 bridgehead atoms. The number of nitrogens with zero attached hydrogens (tertiary/aromatic N) is 1. The smallest absolute Gasteiger partial charge is 0.291 e. The Bertz CT molecular complexity index is 903. The summed E-state index contributed by atoms with van der Waals surface area (Å²) in [5.41, 5.74) is 1.78. The van der Waals surface area contributed by atoms with Gasteiger partial charge in [0.2, 0.25) is 0 Å². The van der Waals surface area contributed by atoms with Crippen LogP contribution in [0.15, 0.2) is 69.6 Å². The average molecular weight is 411 g/mol. The van der Waals surface area contributed by atoms with E-state index in [1.807, 2.05) is 24.3 Å². The molecule has 3 aromatic rings. The van der Waals surface area contributed by atoms with Crippen LogP contribution in [0.25, 0.3) is 0 Å². The molecule has 0 radical (unpaired) electrons. The Morgan fingerprint density at radius 2 is 1.97 bits per heavy atom. The zero-order valence-electron chi connectivity index (χ0n) is 16.6. The second-order valence-corrected chi connectivity index (χ2v) is 7.60. The second kappa shape index (κ2) is 10.5. The van der Waals surface area contributed by atoms with Crippen molar-refractivity contribution in [2.75, 3.05) is 18.4 Å². The number of anilines is 1. The van der Waals surface area contributed by atoms with Crippen LogP contribution in [0.1, 0.15) is 40.8 Å². The fourth-order valence-corrected chi connectivity index (χ4v) is 3.52. The van der Waals surface area contributed by atoms with E-state index in [1.54, 1.807) is 23.5 Å². The molecule has 6 nitrogen and oxygen atoms in total. The monoisotopic (exact) mass is 410 g/mol. The summed E-state index contributed by atoms with van der Waals surface area (Å²) in [4.78, 5) is 18.0. The predicted molar refractivity (Wildman–Crippen MR) is 119 cm³/mol. The maximum atomic E-state index is 12.0. The summed E-state index contributed by atoms with van der Waals surface area (Å²) >= 11 is 1.77. The fraction of sp³-hybridized carbons (Fsp3) is 0.273. The lowest BCUT2D eigenvalue weighted by Crippen LogP contribution is -2.39. The first-order valence-electron chi connectivity index (χ1n) is 9.65. The molecule has 1 amide bonds. The number of benzene rings is 1. The Morgan fingerprint density at radius 1 is 1.14 bits per heavy atom. The molecule has 0 saturated heterocycles. The lowest BCUT2D eigenvalue weighted by molar-refractivity contribution is 0.0996. The molecule has 0 saturated carbocycles. The van der Waals surface area contributed by atoms with E-state index in [0.29, 0.717) is 18.2 Å². The van der Waals surface area contributed by atoms with Gasteiger partial charge in [-0.15, -0.1) is 11.3 Å². The number of guanidine groups is 1. The highest BCUT2D eigenvalue weighted by Crippen LogP contribution is 2.19. The topological polar surface area (TPSA) is 78.7 Å². The third kappa shape index (κ3) is 6.22. The molecular weight excluding hydrogens is 384 g/mol. The van der Waals surface area contributed by atoms with Gasteiger partial charge in [-0.1, -0.05) is 25.1 Å². The third-order valence-electron chi connectivity index (χ3n) is 4.33. The average Bonchev–Trinajstić information content (AvgIpc) is 3.45. The number of hydrogen-bond donors (Lipinski definition) is 3. The summed E-state index contributed by atoms with van der Waals surface area (Å²) in [5, 5.41) is 11.6. The molecule has 0 aliphatic heterocycles. The molecule has 1 atom stereocenters. The van der Waals surface area contributed by atoms with Crippen LogP contribution in [-0.2, 0) is 6.54 Å². The molecule has 3 N–H and O–H groups in total.